The quantitative estimate of drug-likeness (QED) is 0.400. The molecule has 0 saturated heterocycles. The minimum atomic E-state index is -0.743. The Bertz CT molecular complexity index is 1350. The van der Waals surface area contributed by atoms with E-state index in [0.29, 0.717) is 36.5 Å². The van der Waals surface area contributed by atoms with Crippen molar-refractivity contribution in [1.82, 2.24) is 29.8 Å². The second-order valence-electron chi connectivity index (χ2n) is 9.44. The van der Waals surface area contributed by atoms with Gasteiger partial charge in [-0.25, -0.2) is 9.67 Å². The van der Waals surface area contributed by atoms with Crippen LogP contribution in [0.4, 0.5) is 0 Å². The minimum absolute atomic E-state index is 0.108. The summed E-state index contributed by atoms with van der Waals surface area (Å²) in [7, 11) is 1.87. The van der Waals surface area contributed by atoms with E-state index in [-0.39, 0.29) is 12.0 Å². The van der Waals surface area contributed by atoms with Gasteiger partial charge in [0, 0.05) is 19.7 Å². The van der Waals surface area contributed by atoms with E-state index in [2.05, 4.69) is 27.5 Å². The van der Waals surface area contributed by atoms with E-state index < -0.39 is 5.97 Å². The third-order valence-electron chi connectivity index (χ3n) is 6.74. The van der Waals surface area contributed by atoms with Crippen LogP contribution in [0.5, 0.6) is 5.75 Å². The number of hydrogen-bond donors (Lipinski definition) is 1. The highest BCUT2D eigenvalue weighted by atomic mass is 16.5. The molecule has 1 aliphatic rings. The van der Waals surface area contributed by atoms with E-state index in [0.717, 1.165) is 36.2 Å². The SMILES string of the molecule is Cc1nc(-c2nnn(C)c2Cn2cc(Cc3ccccc3)cn2)ccc1OC1CCC[C@H](C(=O)O)C1. The number of nitrogens with zero attached hydrogens (tertiary/aromatic N) is 6. The second-order valence-corrected chi connectivity index (χ2v) is 9.44. The van der Waals surface area contributed by atoms with Gasteiger partial charge < -0.3 is 9.84 Å². The Morgan fingerprint density at radius 3 is 2.75 bits per heavy atom. The van der Waals surface area contributed by atoms with E-state index in [1.807, 2.05) is 61.4 Å². The number of rotatable bonds is 8. The summed E-state index contributed by atoms with van der Waals surface area (Å²) in [6.45, 7) is 2.42. The van der Waals surface area contributed by atoms with Crippen LogP contribution in [0.3, 0.4) is 0 Å². The average molecular weight is 487 g/mol. The Morgan fingerprint density at radius 1 is 1.14 bits per heavy atom. The van der Waals surface area contributed by atoms with Crippen molar-refractivity contribution in [2.75, 3.05) is 0 Å². The molecule has 3 heterocycles. The van der Waals surface area contributed by atoms with Crippen LogP contribution in [0.2, 0.25) is 0 Å². The lowest BCUT2D eigenvalue weighted by molar-refractivity contribution is -0.143. The molecule has 2 atom stereocenters. The Kier molecular flexibility index (Phi) is 6.79. The number of aryl methyl sites for hydroxylation is 2. The third-order valence-corrected chi connectivity index (χ3v) is 6.74. The minimum Gasteiger partial charge on any atom is -0.489 e. The van der Waals surface area contributed by atoms with Gasteiger partial charge in [-0.2, -0.15) is 5.10 Å². The first kappa shape index (κ1) is 23.7. The van der Waals surface area contributed by atoms with Crippen molar-refractivity contribution >= 4 is 5.97 Å². The molecule has 9 heteroatoms. The molecule has 1 aliphatic carbocycles. The zero-order valence-electron chi connectivity index (χ0n) is 20.5. The van der Waals surface area contributed by atoms with Gasteiger partial charge >= 0.3 is 5.97 Å². The number of aliphatic carboxylic acids is 1. The molecule has 3 aromatic heterocycles. The van der Waals surface area contributed by atoms with Gasteiger partial charge in [0.05, 0.1) is 41.8 Å². The van der Waals surface area contributed by atoms with E-state index >= 15 is 0 Å². The second kappa shape index (κ2) is 10.3. The van der Waals surface area contributed by atoms with Crippen LogP contribution in [0.15, 0.2) is 54.9 Å². The van der Waals surface area contributed by atoms with Gasteiger partial charge in [-0.1, -0.05) is 35.5 Å². The summed E-state index contributed by atoms with van der Waals surface area (Å²) < 4.78 is 9.81. The number of ether oxygens (including phenoxy) is 1. The van der Waals surface area contributed by atoms with E-state index in [9.17, 15) is 9.90 Å². The highest BCUT2D eigenvalue weighted by Gasteiger charge is 2.28. The van der Waals surface area contributed by atoms with Gasteiger partial charge in [0.25, 0.3) is 0 Å². The Hall–Kier alpha value is -4.01. The first-order valence-electron chi connectivity index (χ1n) is 12.3. The highest BCUT2D eigenvalue weighted by molar-refractivity contribution is 5.70. The normalized spacial score (nSPS) is 17.7. The number of aromatic nitrogens is 6. The maximum absolute atomic E-state index is 11.4. The molecule has 0 bridgehead atoms. The van der Waals surface area contributed by atoms with Crippen LogP contribution in [-0.4, -0.2) is 46.9 Å². The van der Waals surface area contributed by atoms with Crippen molar-refractivity contribution in [3.63, 3.8) is 0 Å². The van der Waals surface area contributed by atoms with Crippen molar-refractivity contribution in [3.8, 4) is 17.1 Å². The van der Waals surface area contributed by atoms with Gasteiger partial charge in [0.2, 0.25) is 0 Å². The molecule has 36 heavy (non-hydrogen) atoms. The Labute approximate surface area is 209 Å². The zero-order chi connectivity index (χ0) is 25.1. The van der Waals surface area contributed by atoms with E-state index in [1.54, 1.807) is 4.68 Å². The maximum atomic E-state index is 11.4. The van der Waals surface area contributed by atoms with Gasteiger partial charge in [-0.3, -0.25) is 9.48 Å². The molecule has 9 nitrogen and oxygen atoms in total. The summed E-state index contributed by atoms with van der Waals surface area (Å²) in [6, 6.07) is 14.1. The lowest BCUT2D eigenvalue weighted by atomic mass is 9.87. The molecule has 0 amide bonds. The molecular weight excluding hydrogens is 456 g/mol. The van der Waals surface area contributed by atoms with E-state index in [1.165, 1.54) is 5.56 Å². The van der Waals surface area contributed by atoms with Crippen molar-refractivity contribution in [3.05, 3.63) is 77.4 Å². The molecule has 1 N–H and O–H groups in total. The van der Waals surface area contributed by atoms with Gasteiger partial charge in [0.1, 0.15) is 11.4 Å². The standard InChI is InChI=1S/C27H30N6O3/c1-18-25(36-22-10-6-9-21(14-22)27(34)35)12-11-23(29-18)26-24(32(2)31-30-26)17-33-16-20(15-28-33)13-19-7-4-3-5-8-19/h3-5,7-8,11-12,15-16,21-22H,6,9-10,13-14,17H2,1-2H3,(H,34,35)/t21-,22?/m0/s1. The smallest absolute Gasteiger partial charge is 0.306 e. The number of benzene rings is 1. The molecule has 1 saturated carbocycles. The summed E-state index contributed by atoms with van der Waals surface area (Å²) in [5.41, 5.74) is 5.45. The molecule has 4 aromatic rings. The molecule has 0 spiro atoms. The van der Waals surface area contributed by atoms with Crippen molar-refractivity contribution in [2.24, 2.45) is 13.0 Å². The predicted molar refractivity (Wildman–Crippen MR) is 134 cm³/mol. The lowest BCUT2D eigenvalue weighted by Gasteiger charge is -2.27. The molecule has 1 fully saturated rings. The highest BCUT2D eigenvalue weighted by Crippen LogP contribution is 2.30. The van der Waals surface area contributed by atoms with Crippen LogP contribution in [0, 0.1) is 12.8 Å². The maximum Gasteiger partial charge on any atom is 0.306 e. The zero-order valence-corrected chi connectivity index (χ0v) is 20.5. The molecule has 5 rings (SSSR count). The summed E-state index contributed by atoms with van der Waals surface area (Å²) in [5, 5.41) is 22.5. The third kappa shape index (κ3) is 5.30. The number of carbonyl (C=O) groups is 1. The lowest BCUT2D eigenvalue weighted by Crippen LogP contribution is -2.29. The monoisotopic (exact) mass is 486 g/mol. The summed E-state index contributed by atoms with van der Waals surface area (Å²) in [4.78, 5) is 16.1. The summed E-state index contributed by atoms with van der Waals surface area (Å²) in [6.07, 6.45) is 7.62. The Morgan fingerprint density at radius 2 is 1.97 bits per heavy atom. The number of pyridine rings is 1. The molecule has 0 aliphatic heterocycles. The Balaban J connectivity index is 1.30. The topological polar surface area (TPSA) is 108 Å². The van der Waals surface area contributed by atoms with Crippen LogP contribution in [-0.2, 0) is 24.8 Å². The van der Waals surface area contributed by atoms with Crippen LogP contribution >= 0.6 is 0 Å². The van der Waals surface area contributed by atoms with Gasteiger partial charge in [0.15, 0.2) is 0 Å². The fourth-order valence-corrected chi connectivity index (χ4v) is 4.78. The fraction of sp³-hybridized carbons (Fsp3) is 0.370. The fourth-order valence-electron chi connectivity index (χ4n) is 4.78. The number of hydrogen-bond acceptors (Lipinski definition) is 6. The van der Waals surface area contributed by atoms with Gasteiger partial charge in [-0.05, 0) is 55.9 Å². The first-order chi connectivity index (χ1) is 17.5. The van der Waals surface area contributed by atoms with Gasteiger partial charge in [-0.15, -0.1) is 5.10 Å². The van der Waals surface area contributed by atoms with Crippen LogP contribution in [0.25, 0.3) is 11.4 Å². The molecule has 1 unspecified atom stereocenters. The van der Waals surface area contributed by atoms with E-state index in [4.69, 9.17) is 9.72 Å². The summed E-state index contributed by atoms with van der Waals surface area (Å²) in [5.74, 6) is -0.403. The van der Waals surface area contributed by atoms with Crippen LogP contribution < -0.4 is 4.74 Å². The van der Waals surface area contributed by atoms with Crippen molar-refractivity contribution in [1.29, 1.82) is 0 Å². The average Bonchev–Trinajstić information content (AvgIpc) is 3.47. The molecular formula is C27H30N6O3. The van der Waals surface area contributed by atoms with Crippen molar-refractivity contribution < 1.29 is 14.6 Å². The molecule has 186 valence electrons. The number of carboxylic acid groups (broad SMARTS) is 1. The van der Waals surface area contributed by atoms with Crippen molar-refractivity contribution in [2.45, 2.75) is 51.7 Å². The van der Waals surface area contributed by atoms with Crippen LogP contribution in [0.1, 0.15) is 48.2 Å². The molecule has 0 radical (unpaired) electrons. The molecule has 1 aromatic carbocycles. The first-order valence-corrected chi connectivity index (χ1v) is 12.3. The number of carboxylic acids is 1. The largest absolute Gasteiger partial charge is 0.489 e. The summed E-state index contributed by atoms with van der Waals surface area (Å²) >= 11 is 0. The predicted octanol–water partition coefficient (Wildman–Crippen LogP) is 4.04.